The molecule has 0 heterocycles. The third-order valence-electron chi connectivity index (χ3n) is 3.53. The molecule has 1 fully saturated rings. The van der Waals surface area contributed by atoms with Gasteiger partial charge in [0, 0.05) is 19.0 Å². The molecule has 17 heavy (non-hydrogen) atoms. The normalized spacial score (nSPS) is 26.5. The van der Waals surface area contributed by atoms with Gasteiger partial charge >= 0.3 is 0 Å². The zero-order chi connectivity index (χ0) is 12.7. The fourth-order valence-electron chi connectivity index (χ4n) is 2.22. The van der Waals surface area contributed by atoms with Gasteiger partial charge in [-0.2, -0.15) is 0 Å². The van der Waals surface area contributed by atoms with Crippen molar-refractivity contribution in [1.82, 2.24) is 10.6 Å². The summed E-state index contributed by atoms with van der Waals surface area (Å²) in [6.45, 7) is 6.40. The first-order chi connectivity index (χ1) is 8.13. The Labute approximate surface area is 104 Å². The average Bonchev–Trinajstić information content (AvgIpc) is 2.34. The summed E-state index contributed by atoms with van der Waals surface area (Å²) in [5.74, 6) is 0.717. The first kappa shape index (κ1) is 14.5. The van der Waals surface area contributed by atoms with Crippen LogP contribution in [0.5, 0.6) is 0 Å². The topological polar surface area (TPSA) is 61.4 Å². The van der Waals surface area contributed by atoms with E-state index in [-0.39, 0.29) is 17.9 Å². The third-order valence-corrected chi connectivity index (χ3v) is 3.53. The lowest BCUT2D eigenvalue weighted by Crippen LogP contribution is -2.38. The predicted molar refractivity (Wildman–Crippen MR) is 68.7 cm³/mol. The Bertz CT molecular complexity index is 225. The first-order valence-corrected chi connectivity index (χ1v) is 6.80. The molecule has 1 rings (SSSR count). The van der Waals surface area contributed by atoms with Crippen molar-refractivity contribution in [2.24, 2.45) is 11.8 Å². The first-order valence-electron chi connectivity index (χ1n) is 6.80. The van der Waals surface area contributed by atoms with E-state index in [1.54, 1.807) is 0 Å². The predicted octanol–water partition coefficient (Wildman–Crippen LogP) is 0.899. The molecule has 1 aliphatic carbocycles. The zero-order valence-electron chi connectivity index (χ0n) is 11.0. The number of rotatable bonds is 6. The summed E-state index contributed by atoms with van der Waals surface area (Å²) in [5, 5.41) is 15.6. The highest BCUT2D eigenvalue weighted by atomic mass is 16.3. The van der Waals surface area contributed by atoms with Crippen LogP contribution in [0, 0.1) is 11.8 Å². The summed E-state index contributed by atoms with van der Waals surface area (Å²) in [4.78, 5) is 11.8. The number of carbonyl (C=O) groups is 1. The van der Waals surface area contributed by atoms with Gasteiger partial charge in [0.15, 0.2) is 0 Å². The van der Waals surface area contributed by atoms with Gasteiger partial charge in [0.25, 0.3) is 0 Å². The van der Waals surface area contributed by atoms with Gasteiger partial charge < -0.3 is 15.7 Å². The van der Waals surface area contributed by atoms with Crippen LogP contribution in [0.1, 0.15) is 39.5 Å². The minimum Gasteiger partial charge on any atom is -0.393 e. The summed E-state index contributed by atoms with van der Waals surface area (Å²) >= 11 is 0. The van der Waals surface area contributed by atoms with E-state index in [0.717, 1.165) is 45.3 Å². The SMILES string of the molecule is CCNCC(C)C(=O)NCC1CCC(O)CC1. The molecule has 1 unspecified atom stereocenters. The van der Waals surface area contributed by atoms with Gasteiger partial charge in [-0.1, -0.05) is 13.8 Å². The largest absolute Gasteiger partial charge is 0.393 e. The smallest absolute Gasteiger partial charge is 0.224 e. The molecule has 0 aromatic rings. The molecule has 100 valence electrons. The second kappa shape index (κ2) is 7.67. The number of nitrogens with one attached hydrogen (secondary N) is 2. The summed E-state index contributed by atoms with van der Waals surface area (Å²) in [6, 6.07) is 0. The lowest BCUT2D eigenvalue weighted by Gasteiger charge is -2.26. The van der Waals surface area contributed by atoms with Gasteiger partial charge in [0.2, 0.25) is 5.91 Å². The second-order valence-corrected chi connectivity index (χ2v) is 5.13. The molecule has 3 N–H and O–H groups in total. The van der Waals surface area contributed by atoms with E-state index >= 15 is 0 Å². The third kappa shape index (κ3) is 5.50. The number of aliphatic hydroxyl groups is 1. The van der Waals surface area contributed by atoms with Crippen LogP contribution >= 0.6 is 0 Å². The number of amides is 1. The van der Waals surface area contributed by atoms with Gasteiger partial charge in [-0.05, 0) is 38.1 Å². The van der Waals surface area contributed by atoms with Crippen LogP contribution in [-0.2, 0) is 4.79 Å². The molecule has 4 heteroatoms. The highest BCUT2D eigenvalue weighted by Gasteiger charge is 2.20. The minimum atomic E-state index is -0.116. The Morgan fingerprint density at radius 1 is 1.35 bits per heavy atom. The number of hydrogen-bond acceptors (Lipinski definition) is 3. The number of carbonyl (C=O) groups excluding carboxylic acids is 1. The Morgan fingerprint density at radius 2 is 2.00 bits per heavy atom. The van der Waals surface area contributed by atoms with Crippen LogP contribution in [0.15, 0.2) is 0 Å². The summed E-state index contributed by atoms with van der Waals surface area (Å²) in [6.07, 6.45) is 3.71. The second-order valence-electron chi connectivity index (χ2n) is 5.13. The van der Waals surface area contributed by atoms with E-state index in [0.29, 0.717) is 5.92 Å². The maximum atomic E-state index is 11.8. The average molecular weight is 242 g/mol. The lowest BCUT2D eigenvalue weighted by atomic mass is 9.87. The molecule has 1 atom stereocenters. The standard InChI is InChI=1S/C13H26N2O2/c1-3-14-8-10(2)13(17)15-9-11-4-6-12(16)7-5-11/h10-12,14,16H,3-9H2,1-2H3,(H,15,17). The van der Waals surface area contributed by atoms with Gasteiger partial charge in [0.1, 0.15) is 0 Å². The van der Waals surface area contributed by atoms with Gasteiger partial charge in [-0.3, -0.25) is 4.79 Å². The fraction of sp³-hybridized carbons (Fsp3) is 0.923. The molecular weight excluding hydrogens is 216 g/mol. The molecule has 1 saturated carbocycles. The van der Waals surface area contributed by atoms with Crippen molar-refractivity contribution in [1.29, 1.82) is 0 Å². The minimum absolute atomic E-state index is 0.0316. The van der Waals surface area contributed by atoms with Crippen molar-refractivity contribution >= 4 is 5.91 Å². The monoisotopic (exact) mass is 242 g/mol. The van der Waals surface area contributed by atoms with Gasteiger partial charge in [-0.25, -0.2) is 0 Å². The summed E-state index contributed by atoms with van der Waals surface area (Å²) in [5.41, 5.74) is 0. The van der Waals surface area contributed by atoms with E-state index in [1.165, 1.54) is 0 Å². The number of hydrogen-bond donors (Lipinski definition) is 3. The molecule has 0 bridgehead atoms. The quantitative estimate of drug-likeness (QED) is 0.648. The lowest BCUT2D eigenvalue weighted by molar-refractivity contribution is -0.124. The van der Waals surface area contributed by atoms with Crippen molar-refractivity contribution in [2.75, 3.05) is 19.6 Å². The molecule has 4 nitrogen and oxygen atoms in total. The van der Waals surface area contributed by atoms with E-state index in [1.807, 2.05) is 13.8 Å². The van der Waals surface area contributed by atoms with Crippen LogP contribution in [0.3, 0.4) is 0 Å². The van der Waals surface area contributed by atoms with Crippen molar-refractivity contribution in [3.63, 3.8) is 0 Å². The molecule has 1 amide bonds. The molecule has 0 saturated heterocycles. The van der Waals surface area contributed by atoms with Gasteiger partial charge in [-0.15, -0.1) is 0 Å². The van der Waals surface area contributed by atoms with E-state index in [4.69, 9.17) is 0 Å². The van der Waals surface area contributed by atoms with Crippen LogP contribution in [0.25, 0.3) is 0 Å². The fourth-order valence-corrected chi connectivity index (χ4v) is 2.22. The summed E-state index contributed by atoms with van der Waals surface area (Å²) < 4.78 is 0. The maximum absolute atomic E-state index is 11.8. The molecule has 0 aliphatic heterocycles. The Hall–Kier alpha value is -0.610. The van der Waals surface area contributed by atoms with Crippen LogP contribution in [0.2, 0.25) is 0 Å². The van der Waals surface area contributed by atoms with Crippen molar-refractivity contribution in [3.05, 3.63) is 0 Å². The van der Waals surface area contributed by atoms with Gasteiger partial charge in [0.05, 0.1) is 6.10 Å². The molecular formula is C13H26N2O2. The van der Waals surface area contributed by atoms with Crippen molar-refractivity contribution < 1.29 is 9.90 Å². The molecule has 1 aliphatic rings. The van der Waals surface area contributed by atoms with Crippen LogP contribution in [-0.4, -0.2) is 36.8 Å². The zero-order valence-corrected chi connectivity index (χ0v) is 11.0. The van der Waals surface area contributed by atoms with E-state index in [2.05, 4.69) is 10.6 Å². The highest BCUT2D eigenvalue weighted by Crippen LogP contribution is 2.23. The Balaban J connectivity index is 2.14. The van der Waals surface area contributed by atoms with Crippen LogP contribution in [0.4, 0.5) is 0 Å². The Morgan fingerprint density at radius 3 is 2.59 bits per heavy atom. The van der Waals surface area contributed by atoms with Crippen LogP contribution < -0.4 is 10.6 Å². The highest BCUT2D eigenvalue weighted by molar-refractivity contribution is 5.78. The van der Waals surface area contributed by atoms with Crippen molar-refractivity contribution in [2.45, 2.75) is 45.6 Å². The molecule has 0 aromatic carbocycles. The summed E-state index contributed by atoms with van der Waals surface area (Å²) in [7, 11) is 0. The van der Waals surface area contributed by atoms with Crippen molar-refractivity contribution in [3.8, 4) is 0 Å². The molecule has 0 radical (unpaired) electrons. The maximum Gasteiger partial charge on any atom is 0.224 e. The molecule has 0 spiro atoms. The van der Waals surface area contributed by atoms with E-state index < -0.39 is 0 Å². The van der Waals surface area contributed by atoms with E-state index in [9.17, 15) is 9.90 Å². The Kier molecular flexibility index (Phi) is 6.52. The molecule has 0 aromatic heterocycles. The number of aliphatic hydroxyl groups excluding tert-OH is 1.